The van der Waals surface area contributed by atoms with Crippen molar-refractivity contribution in [2.24, 2.45) is 5.92 Å². The minimum atomic E-state index is -3.21. The number of hydrogen-bond acceptors (Lipinski definition) is 7. The van der Waals surface area contributed by atoms with Gasteiger partial charge in [0.25, 0.3) is 5.89 Å². The van der Waals surface area contributed by atoms with Gasteiger partial charge in [0.2, 0.25) is 15.8 Å². The molecule has 1 aromatic heterocycles. The second kappa shape index (κ2) is 7.55. The lowest BCUT2D eigenvalue weighted by molar-refractivity contribution is -0.152. The first kappa shape index (κ1) is 18.5. The van der Waals surface area contributed by atoms with Crippen LogP contribution in [-0.2, 0) is 26.2 Å². The second-order valence-corrected chi connectivity index (χ2v) is 8.40. The minimum absolute atomic E-state index is 0.0933. The zero-order valence-corrected chi connectivity index (χ0v) is 15.5. The first-order chi connectivity index (χ1) is 12.3. The third-order valence-corrected chi connectivity index (χ3v) is 5.68. The van der Waals surface area contributed by atoms with Gasteiger partial charge >= 0.3 is 5.97 Å². The van der Waals surface area contributed by atoms with Crippen LogP contribution in [0, 0.1) is 12.8 Å². The molecule has 2 heterocycles. The minimum Gasteiger partial charge on any atom is -0.455 e. The van der Waals surface area contributed by atoms with Crippen LogP contribution in [-0.4, -0.2) is 48.2 Å². The Morgan fingerprint density at radius 3 is 2.54 bits per heavy atom. The summed E-state index contributed by atoms with van der Waals surface area (Å²) in [6.45, 7) is 2.56. The van der Waals surface area contributed by atoms with Gasteiger partial charge < -0.3 is 9.26 Å². The number of nitrogens with zero attached hydrogens (tertiary/aromatic N) is 3. The van der Waals surface area contributed by atoms with Crippen molar-refractivity contribution in [2.45, 2.75) is 26.4 Å². The maximum Gasteiger partial charge on any atom is 0.309 e. The average molecular weight is 379 g/mol. The molecule has 8 nitrogen and oxygen atoms in total. The highest BCUT2D eigenvalue weighted by atomic mass is 32.2. The van der Waals surface area contributed by atoms with Gasteiger partial charge in [0, 0.05) is 18.7 Å². The van der Waals surface area contributed by atoms with E-state index in [2.05, 4.69) is 10.1 Å². The predicted octanol–water partition coefficient (Wildman–Crippen LogP) is 1.76. The van der Waals surface area contributed by atoms with Crippen LogP contribution in [0.25, 0.3) is 11.4 Å². The molecule has 9 heteroatoms. The molecular weight excluding hydrogens is 358 g/mol. The Hall–Kier alpha value is -2.26. The molecule has 0 atom stereocenters. The van der Waals surface area contributed by atoms with Gasteiger partial charge in [0.05, 0.1) is 12.2 Å². The number of rotatable bonds is 5. The lowest BCUT2D eigenvalue weighted by Gasteiger charge is -2.28. The van der Waals surface area contributed by atoms with E-state index in [-0.39, 0.29) is 24.4 Å². The van der Waals surface area contributed by atoms with E-state index < -0.39 is 10.0 Å². The molecule has 0 spiro atoms. The Labute approximate surface area is 152 Å². The molecule has 0 amide bonds. The molecule has 0 N–H and O–H groups in total. The third kappa shape index (κ3) is 4.47. The van der Waals surface area contributed by atoms with Crippen molar-refractivity contribution < 1.29 is 22.5 Å². The summed E-state index contributed by atoms with van der Waals surface area (Å²) in [4.78, 5) is 16.4. The molecule has 1 saturated heterocycles. The van der Waals surface area contributed by atoms with Crippen molar-refractivity contribution in [3.05, 3.63) is 35.7 Å². The van der Waals surface area contributed by atoms with E-state index in [4.69, 9.17) is 9.26 Å². The summed E-state index contributed by atoms with van der Waals surface area (Å²) < 4.78 is 34.7. The lowest BCUT2D eigenvalue weighted by Crippen LogP contribution is -2.40. The third-order valence-electron chi connectivity index (χ3n) is 4.37. The molecule has 0 bridgehead atoms. The Morgan fingerprint density at radius 1 is 1.27 bits per heavy atom. The number of aryl methyl sites for hydroxylation is 1. The number of carbonyl (C=O) groups is 1. The maximum absolute atomic E-state index is 12.2. The van der Waals surface area contributed by atoms with Crippen LogP contribution in [0.2, 0.25) is 0 Å². The van der Waals surface area contributed by atoms with E-state index >= 15 is 0 Å². The Morgan fingerprint density at radius 2 is 1.92 bits per heavy atom. The number of benzene rings is 1. The smallest absolute Gasteiger partial charge is 0.309 e. The van der Waals surface area contributed by atoms with Crippen molar-refractivity contribution in [3.8, 4) is 11.4 Å². The van der Waals surface area contributed by atoms with E-state index in [0.29, 0.717) is 31.8 Å². The number of aromatic nitrogens is 2. The summed E-state index contributed by atoms with van der Waals surface area (Å²) in [7, 11) is -3.21. The van der Waals surface area contributed by atoms with Gasteiger partial charge in [0.15, 0.2) is 6.61 Å². The first-order valence-corrected chi connectivity index (χ1v) is 10.2. The van der Waals surface area contributed by atoms with E-state index in [9.17, 15) is 13.2 Å². The second-order valence-electron chi connectivity index (χ2n) is 6.42. The molecule has 1 aliphatic heterocycles. The number of carbonyl (C=O) groups excluding carboxylic acids is 1. The van der Waals surface area contributed by atoms with Crippen molar-refractivity contribution in [1.82, 2.24) is 14.4 Å². The fraction of sp³-hybridized carbons (Fsp3) is 0.471. The quantitative estimate of drug-likeness (QED) is 0.729. The highest BCUT2D eigenvalue weighted by Crippen LogP contribution is 2.21. The Bertz CT molecular complexity index is 868. The topological polar surface area (TPSA) is 103 Å². The normalized spacial score (nSPS) is 16.5. The maximum atomic E-state index is 12.2. The lowest BCUT2D eigenvalue weighted by atomic mass is 9.98. The molecule has 0 saturated carbocycles. The zero-order valence-electron chi connectivity index (χ0n) is 14.7. The molecule has 0 radical (unpaired) electrons. The van der Waals surface area contributed by atoms with Crippen LogP contribution in [0.4, 0.5) is 0 Å². The predicted molar refractivity (Wildman–Crippen MR) is 93.4 cm³/mol. The fourth-order valence-electron chi connectivity index (χ4n) is 2.81. The van der Waals surface area contributed by atoms with Gasteiger partial charge in [0.1, 0.15) is 0 Å². The average Bonchev–Trinajstić information content (AvgIpc) is 3.08. The number of ether oxygens (including phenoxy) is 1. The molecule has 26 heavy (non-hydrogen) atoms. The number of hydrogen-bond donors (Lipinski definition) is 0. The van der Waals surface area contributed by atoms with Crippen LogP contribution >= 0.6 is 0 Å². The fourth-order valence-corrected chi connectivity index (χ4v) is 3.68. The molecule has 0 unspecified atom stereocenters. The summed E-state index contributed by atoms with van der Waals surface area (Å²) in [5.74, 6) is -0.0132. The molecule has 1 aromatic carbocycles. The molecule has 3 rings (SSSR count). The number of sulfonamides is 1. The number of esters is 1. The molecule has 1 aliphatic rings. The SMILES string of the molecule is Cc1ccc(-c2noc(COC(=O)C3CCN(S(C)(=O)=O)CC3)n2)cc1. The van der Waals surface area contributed by atoms with Gasteiger partial charge in [-0.15, -0.1) is 0 Å². The molecule has 0 aliphatic carbocycles. The van der Waals surface area contributed by atoms with Crippen molar-refractivity contribution in [3.63, 3.8) is 0 Å². The van der Waals surface area contributed by atoms with Crippen molar-refractivity contribution in [2.75, 3.05) is 19.3 Å². The van der Waals surface area contributed by atoms with Crippen molar-refractivity contribution >= 4 is 16.0 Å². The highest BCUT2D eigenvalue weighted by molar-refractivity contribution is 7.88. The van der Waals surface area contributed by atoms with Crippen LogP contribution in [0.1, 0.15) is 24.3 Å². The van der Waals surface area contributed by atoms with E-state index in [1.54, 1.807) is 0 Å². The summed E-state index contributed by atoms with van der Waals surface area (Å²) >= 11 is 0. The highest BCUT2D eigenvalue weighted by Gasteiger charge is 2.30. The van der Waals surface area contributed by atoms with Gasteiger partial charge in [-0.2, -0.15) is 4.98 Å². The molecule has 2 aromatic rings. The Balaban J connectivity index is 1.52. The standard InChI is InChI=1S/C17H21N3O5S/c1-12-3-5-13(6-4-12)16-18-15(25-19-16)11-24-17(21)14-7-9-20(10-8-14)26(2,22)23/h3-6,14H,7-11H2,1-2H3. The number of piperidine rings is 1. The molecule has 140 valence electrons. The summed E-state index contributed by atoms with van der Waals surface area (Å²) in [5.41, 5.74) is 1.96. The summed E-state index contributed by atoms with van der Waals surface area (Å²) in [6, 6.07) is 7.69. The van der Waals surface area contributed by atoms with Gasteiger partial charge in [-0.25, -0.2) is 12.7 Å². The Kier molecular flexibility index (Phi) is 5.38. The summed E-state index contributed by atoms with van der Waals surface area (Å²) in [6.07, 6.45) is 2.07. The van der Waals surface area contributed by atoms with Crippen LogP contribution in [0.5, 0.6) is 0 Å². The molecular formula is C17H21N3O5S. The van der Waals surface area contributed by atoms with Crippen molar-refractivity contribution in [1.29, 1.82) is 0 Å². The first-order valence-electron chi connectivity index (χ1n) is 8.34. The molecule has 1 fully saturated rings. The largest absolute Gasteiger partial charge is 0.455 e. The van der Waals surface area contributed by atoms with Crippen LogP contribution < -0.4 is 0 Å². The van der Waals surface area contributed by atoms with Gasteiger partial charge in [-0.05, 0) is 19.8 Å². The van der Waals surface area contributed by atoms with E-state index in [1.807, 2.05) is 31.2 Å². The van der Waals surface area contributed by atoms with Crippen LogP contribution in [0.15, 0.2) is 28.8 Å². The monoisotopic (exact) mass is 379 g/mol. The van der Waals surface area contributed by atoms with E-state index in [1.165, 1.54) is 10.6 Å². The zero-order chi connectivity index (χ0) is 18.7. The van der Waals surface area contributed by atoms with Gasteiger partial charge in [-0.1, -0.05) is 35.0 Å². The summed E-state index contributed by atoms with van der Waals surface area (Å²) in [5, 5.41) is 3.89. The van der Waals surface area contributed by atoms with E-state index in [0.717, 1.165) is 11.1 Å². The van der Waals surface area contributed by atoms with Crippen LogP contribution in [0.3, 0.4) is 0 Å². The van der Waals surface area contributed by atoms with Gasteiger partial charge in [-0.3, -0.25) is 4.79 Å².